The molecule has 2 bridgehead atoms. The van der Waals surface area contributed by atoms with Crippen molar-refractivity contribution >= 4 is 17.5 Å². The minimum absolute atomic E-state index is 0.0555. The lowest BCUT2D eigenvalue weighted by Gasteiger charge is -2.37. The first kappa shape index (κ1) is 21.7. The van der Waals surface area contributed by atoms with Crippen LogP contribution in [-0.2, 0) is 0 Å². The summed E-state index contributed by atoms with van der Waals surface area (Å²) in [7, 11) is 0. The second-order valence-electron chi connectivity index (χ2n) is 8.55. The van der Waals surface area contributed by atoms with Crippen molar-refractivity contribution < 1.29 is 31.2 Å². The van der Waals surface area contributed by atoms with E-state index in [0.717, 1.165) is 37.5 Å². The number of hydrogen-bond donors (Lipinski definition) is 1. The minimum Gasteiger partial charge on any atom is -0.483 e. The Hall–Kier alpha value is -3.12. The van der Waals surface area contributed by atoms with Crippen molar-refractivity contribution in [2.45, 2.75) is 37.9 Å². The van der Waals surface area contributed by atoms with Crippen molar-refractivity contribution in [2.75, 3.05) is 29.9 Å². The molecular weight excluding hydrogens is 451 g/mol. The molecule has 1 aliphatic heterocycles. The van der Waals surface area contributed by atoms with Gasteiger partial charge >= 0.3 is 12.1 Å². The molecule has 2 unspecified atom stereocenters. The fraction of sp³-hybridized carbons (Fsp3) is 0.550. The summed E-state index contributed by atoms with van der Waals surface area (Å²) in [6, 6.07) is 4.72. The molecule has 3 atom stereocenters. The lowest BCUT2D eigenvalue weighted by Crippen LogP contribution is -2.48. The number of pyridine rings is 1. The highest BCUT2D eigenvalue weighted by Gasteiger charge is 2.58. The summed E-state index contributed by atoms with van der Waals surface area (Å²) >= 11 is 0. The van der Waals surface area contributed by atoms with Crippen LogP contribution >= 0.6 is 0 Å². The Morgan fingerprint density at radius 1 is 1.18 bits per heavy atom. The number of fused-ring (bicyclic) bond motifs is 3. The van der Waals surface area contributed by atoms with E-state index in [9.17, 15) is 22.0 Å². The van der Waals surface area contributed by atoms with Crippen LogP contribution in [0.15, 0.2) is 28.9 Å². The van der Waals surface area contributed by atoms with Crippen molar-refractivity contribution in [1.29, 1.82) is 0 Å². The highest BCUT2D eigenvalue weighted by molar-refractivity contribution is 5.56. The van der Waals surface area contributed by atoms with Crippen molar-refractivity contribution in [3.05, 3.63) is 30.1 Å². The van der Waals surface area contributed by atoms with Gasteiger partial charge in [-0.05, 0) is 43.7 Å². The molecule has 0 aromatic carbocycles. The number of nitrogens with one attached hydrogen (secondary N) is 1. The predicted octanol–water partition coefficient (Wildman–Crippen LogP) is 3.93. The maximum atomic E-state index is 13.3. The van der Waals surface area contributed by atoms with Crippen LogP contribution in [0.2, 0.25) is 0 Å². The number of hydrogen-bond acceptors (Lipinski definition) is 7. The maximum Gasteiger partial charge on any atom is 0.456 e. The molecule has 8 nitrogen and oxygen atoms in total. The normalized spacial score (nSPS) is 23.3. The molecular formula is C20H21F5N6O2. The molecule has 1 N–H and O–H groups in total. The van der Waals surface area contributed by atoms with E-state index in [2.05, 4.69) is 25.5 Å². The average Bonchev–Trinajstić information content (AvgIpc) is 3.41. The first-order valence-electron chi connectivity index (χ1n) is 10.5. The van der Waals surface area contributed by atoms with Gasteiger partial charge in [-0.25, -0.2) is 4.52 Å². The number of ether oxygens (including phenoxy) is 1. The summed E-state index contributed by atoms with van der Waals surface area (Å²) < 4.78 is 75.3. The molecule has 0 radical (unpaired) electrons. The molecule has 0 amide bonds. The van der Waals surface area contributed by atoms with Crippen LogP contribution in [0.25, 0.3) is 5.65 Å². The Morgan fingerprint density at radius 2 is 1.91 bits per heavy atom. The summed E-state index contributed by atoms with van der Waals surface area (Å²) in [4.78, 5) is 6.47. The van der Waals surface area contributed by atoms with E-state index < -0.39 is 18.7 Å². The molecule has 4 heterocycles. The standard InChI is InChI=1S/C20H21F5N6O2/c1-11-7-15(33-29-11)30-8-12-4-5-13(9-30)16(12)26-18-27-17-14(3-2-6-31(17)28-18)32-10-19(21,22)20(23,24)25/h2-3,6-7,12-13,16H,4-5,8-10H2,1H3,(H,26,28)/t12-,13?,16?/m0/s1. The van der Waals surface area contributed by atoms with E-state index in [1.54, 1.807) is 0 Å². The Morgan fingerprint density at radius 3 is 2.55 bits per heavy atom. The van der Waals surface area contributed by atoms with E-state index >= 15 is 0 Å². The van der Waals surface area contributed by atoms with Crippen LogP contribution in [-0.4, -0.2) is 57.6 Å². The van der Waals surface area contributed by atoms with Crippen molar-refractivity contribution in [3.63, 3.8) is 0 Å². The molecule has 1 aliphatic carbocycles. The molecule has 3 aromatic heterocycles. The molecule has 3 aromatic rings. The number of piperidine rings is 1. The Bertz CT molecular complexity index is 1130. The second kappa shape index (κ2) is 7.73. The van der Waals surface area contributed by atoms with Gasteiger partial charge in [0.25, 0.3) is 0 Å². The van der Waals surface area contributed by atoms with Crippen LogP contribution in [0, 0.1) is 18.8 Å². The van der Waals surface area contributed by atoms with E-state index in [0.29, 0.717) is 11.8 Å². The number of anilines is 2. The third kappa shape index (κ3) is 4.04. The van der Waals surface area contributed by atoms with Crippen LogP contribution in [0.4, 0.5) is 33.8 Å². The summed E-state index contributed by atoms with van der Waals surface area (Å²) in [5, 5.41) is 11.6. The van der Waals surface area contributed by atoms with Gasteiger partial charge in [-0.2, -0.15) is 26.9 Å². The largest absolute Gasteiger partial charge is 0.483 e. The Labute approximate surface area is 184 Å². The number of alkyl halides is 5. The molecule has 2 fully saturated rings. The topological polar surface area (TPSA) is 80.7 Å². The lowest BCUT2D eigenvalue weighted by molar-refractivity contribution is -0.289. The van der Waals surface area contributed by atoms with E-state index in [-0.39, 0.29) is 23.4 Å². The van der Waals surface area contributed by atoms with Crippen LogP contribution in [0.1, 0.15) is 18.5 Å². The predicted molar refractivity (Wildman–Crippen MR) is 107 cm³/mol. The second-order valence-corrected chi connectivity index (χ2v) is 8.55. The van der Waals surface area contributed by atoms with Crippen molar-refractivity contribution in [2.24, 2.45) is 11.8 Å². The summed E-state index contributed by atoms with van der Waals surface area (Å²) in [5.41, 5.74) is 0.873. The van der Waals surface area contributed by atoms with Gasteiger partial charge < -0.3 is 19.5 Å². The van der Waals surface area contributed by atoms with E-state index in [4.69, 9.17) is 9.26 Å². The van der Waals surface area contributed by atoms with Gasteiger partial charge in [-0.1, -0.05) is 5.16 Å². The van der Waals surface area contributed by atoms with Gasteiger partial charge in [0.05, 0.1) is 5.69 Å². The molecule has 1 saturated carbocycles. The minimum atomic E-state index is -5.70. The van der Waals surface area contributed by atoms with E-state index in [1.165, 1.54) is 22.8 Å². The smallest absolute Gasteiger partial charge is 0.456 e. The zero-order chi connectivity index (χ0) is 23.4. The highest BCUT2D eigenvalue weighted by atomic mass is 19.4. The molecule has 0 spiro atoms. The van der Waals surface area contributed by atoms with Crippen LogP contribution in [0.3, 0.4) is 0 Å². The van der Waals surface area contributed by atoms with Crippen molar-refractivity contribution in [3.8, 4) is 5.75 Å². The maximum absolute atomic E-state index is 13.3. The first-order chi connectivity index (χ1) is 15.6. The van der Waals surface area contributed by atoms with Crippen molar-refractivity contribution in [1.82, 2.24) is 19.8 Å². The Balaban J connectivity index is 1.30. The van der Waals surface area contributed by atoms with Gasteiger partial charge in [-0.15, -0.1) is 5.10 Å². The SMILES string of the molecule is Cc1cc(N2CC3CC[C@@H](C2)C3Nc2nc3c(OCC(F)(F)C(F)(F)F)cccn3n2)on1. The zero-order valence-corrected chi connectivity index (χ0v) is 17.5. The molecule has 178 valence electrons. The molecule has 5 rings (SSSR count). The summed E-state index contributed by atoms with van der Waals surface area (Å²) in [5.74, 6) is -3.56. The zero-order valence-electron chi connectivity index (χ0n) is 17.5. The number of aryl methyl sites for hydroxylation is 1. The van der Waals surface area contributed by atoms with Gasteiger partial charge in [0.15, 0.2) is 18.0 Å². The third-order valence-electron chi connectivity index (χ3n) is 6.21. The quantitative estimate of drug-likeness (QED) is 0.545. The molecule has 13 heteroatoms. The van der Waals surface area contributed by atoms with Gasteiger partial charge in [0, 0.05) is 31.4 Å². The molecule has 33 heavy (non-hydrogen) atoms. The van der Waals surface area contributed by atoms with Crippen LogP contribution < -0.4 is 15.0 Å². The first-order valence-corrected chi connectivity index (χ1v) is 10.5. The third-order valence-corrected chi connectivity index (χ3v) is 6.21. The van der Waals surface area contributed by atoms with Gasteiger partial charge in [0.1, 0.15) is 0 Å². The summed E-state index contributed by atoms with van der Waals surface area (Å²) in [6.45, 7) is 1.58. The van der Waals surface area contributed by atoms with E-state index in [1.807, 2.05) is 13.0 Å². The Kier molecular flexibility index (Phi) is 5.09. The number of aromatic nitrogens is 4. The van der Waals surface area contributed by atoms with Gasteiger partial charge in [0.2, 0.25) is 11.8 Å². The fourth-order valence-corrected chi connectivity index (χ4v) is 4.59. The lowest BCUT2D eigenvalue weighted by atomic mass is 9.92. The molecule has 1 saturated heterocycles. The number of halogens is 5. The number of nitrogens with zero attached hydrogens (tertiary/aromatic N) is 5. The van der Waals surface area contributed by atoms with Gasteiger partial charge in [-0.3, -0.25) is 0 Å². The number of rotatable bonds is 6. The highest BCUT2D eigenvalue weighted by Crippen LogP contribution is 2.40. The summed E-state index contributed by atoms with van der Waals surface area (Å²) in [6.07, 6.45) is -2.15. The fourth-order valence-electron chi connectivity index (χ4n) is 4.59. The molecule has 2 aliphatic rings. The monoisotopic (exact) mass is 472 g/mol. The van der Waals surface area contributed by atoms with Crippen LogP contribution in [0.5, 0.6) is 5.75 Å². The average molecular weight is 472 g/mol.